The lowest BCUT2D eigenvalue weighted by Crippen LogP contribution is -2.20. The molecule has 0 spiro atoms. The molecule has 0 radical (unpaired) electrons. The highest BCUT2D eigenvalue weighted by molar-refractivity contribution is 7.16. The normalized spacial score (nSPS) is 15.6. The number of hydrogen-bond donors (Lipinski definition) is 1. The van der Waals surface area contributed by atoms with E-state index in [1.165, 1.54) is 4.88 Å². The van der Waals surface area contributed by atoms with Crippen molar-refractivity contribution in [2.45, 2.75) is 32.6 Å². The predicted molar refractivity (Wildman–Crippen MR) is 113 cm³/mol. The second-order valence-corrected chi connectivity index (χ2v) is 8.29. The number of nitrogens with one attached hydrogen (secondary N) is 1. The van der Waals surface area contributed by atoms with Gasteiger partial charge in [0.15, 0.2) is 6.61 Å². The van der Waals surface area contributed by atoms with Gasteiger partial charge >= 0.3 is 0 Å². The molecule has 1 atom stereocenters. The van der Waals surface area contributed by atoms with Gasteiger partial charge in [-0.25, -0.2) is 0 Å². The number of nitrogens with zero attached hydrogens (tertiary/aromatic N) is 1. The van der Waals surface area contributed by atoms with Gasteiger partial charge in [-0.3, -0.25) is 4.79 Å². The quantitative estimate of drug-likeness (QED) is 0.642. The van der Waals surface area contributed by atoms with Crippen molar-refractivity contribution < 1.29 is 9.53 Å². The highest BCUT2D eigenvalue weighted by atomic mass is 32.1. The smallest absolute Gasteiger partial charge is 0.262 e. The van der Waals surface area contributed by atoms with Gasteiger partial charge in [-0.2, -0.15) is 5.26 Å². The van der Waals surface area contributed by atoms with Crippen molar-refractivity contribution in [3.63, 3.8) is 0 Å². The Morgan fingerprint density at radius 1 is 1.29 bits per heavy atom. The van der Waals surface area contributed by atoms with Crippen LogP contribution in [0, 0.1) is 17.2 Å². The van der Waals surface area contributed by atoms with Gasteiger partial charge in [-0.05, 0) is 53.6 Å². The van der Waals surface area contributed by atoms with E-state index < -0.39 is 0 Å². The van der Waals surface area contributed by atoms with Crippen LogP contribution in [0.4, 0.5) is 5.00 Å². The monoisotopic (exact) mass is 390 g/mol. The van der Waals surface area contributed by atoms with Crippen molar-refractivity contribution in [1.82, 2.24) is 0 Å². The molecule has 4 nitrogen and oxygen atoms in total. The zero-order chi connectivity index (χ0) is 19.5. The van der Waals surface area contributed by atoms with Crippen LogP contribution in [0.1, 0.15) is 35.8 Å². The zero-order valence-corrected chi connectivity index (χ0v) is 16.6. The number of ether oxygens (including phenoxy) is 1. The maximum Gasteiger partial charge on any atom is 0.262 e. The van der Waals surface area contributed by atoms with E-state index in [4.69, 9.17) is 4.74 Å². The number of nitriles is 1. The number of rotatable bonds is 5. The molecule has 0 aliphatic heterocycles. The highest BCUT2D eigenvalue weighted by Gasteiger charge is 2.25. The minimum Gasteiger partial charge on any atom is -0.484 e. The first-order valence-electron chi connectivity index (χ1n) is 9.64. The van der Waals surface area contributed by atoms with Crippen molar-refractivity contribution in [1.29, 1.82) is 5.26 Å². The summed E-state index contributed by atoms with van der Waals surface area (Å²) in [4.78, 5) is 13.7. The molecular weight excluding hydrogens is 368 g/mol. The number of hydrogen-bond acceptors (Lipinski definition) is 4. The first-order valence-corrected chi connectivity index (χ1v) is 10.5. The SMILES string of the molecule is CCC1CCc2c(sc(NC(=O)COc3ccc4ccccc4c3)c2C#N)C1. The standard InChI is InChI=1S/C23H22N2O2S/c1-2-15-7-10-19-20(13-24)23(28-21(19)11-15)25-22(26)14-27-18-9-8-16-5-3-4-6-17(16)12-18/h3-6,8-9,12,15H,2,7,10-11,14H2,1H3,(H,25,26). The molecule has 1 unspecified atom stereocenters. The van der Waals surface area contributed by atoms with Crippen molar-refractivity contribution in [3.8, 4) is 11.8 Å². The average Bonchev–Trinajstić information content (AvgIpc) is 3.07. The number of fused-ring (bicyclic) bond motifs is 2. The van der Waals surface area contributed by atoms with Crippen molar-refractivity contribution in [3.05, 3.63) is 58.5 Å². The number of anilines is 1. The Hall–Kier alpha value is -2.84. The fourth-order valence-electron chi connectivity index (χ4n) is 3.78. The van der Waals surface area contributed by atoms with Gasteiger partial charge in [0.05, 0.1) is 5.56 Å². The van der Waals surface area contributed by atoms with Gasteiger partial charge < -0.3 is 10.1 Å². The summed E-state index contributed by atoms with van der Waals surface area (Å²) in [6, 6.07) is 16.1. The Bertz CT molecular complexity index is 1060. The molecule has 142 valence electrons. The second-order valence-electron chi connectivity index (χ2n) is 7.18. The lowest BCUT2D eigenvalue weighted by atomic mass is 9.86. The third-order valence-corrected chi connectivity index (χ3v) is 6.57. The number of carbonyl (C=O) groups excluding carboxylic acids is 1. The van der Waals surface area contributed by atoms with E-state index in [9.17, 15) is 10.1 Å². The van der Waals surface area contributed by atoms with Crippen molar-refractivity contribution in [2.24, 2.45) is 5.92 Å². The van der Waals surface area contributed by atoms with Crippen LogP contribution in [-0.2, 0) is 17.6 Å². The van der Waals surface area contributed by atoms with Gasteiger partial charge in [0, 0.05) is 4.88 Å². The molecule has 0 saturated heterocycles. The lowest BCUT2D eigenvalue weighted by molar-refractivity contribution is -0.118. The maximum atomic E-state index is 12.4. The molecule has 0 saturated carbocycles. The van der Waals surface area contributed by atoms with Crippen LogP contribution in [0.15, 0.2) is 42.5 Å². The third-order valence-electron chi connectivity index (χ3n) is 5.40. The van der Waals surface area contributed by atoms with Crippen LogP contribution in [0.3, 0.4) is 0 Å². The summed E-state index contributed by atoms with van der Waals surface area (Å²) in [6.07, 6.45) is 4.21. The number of carbonyl (C=O) groups is 1. The molecule has 1 N–H and O–H groups in total. The number of amides is 1. The first-order chi connectivity index (χ1) is 13.7. The summed E-state index contributed by atoms with van der Waals surface area (Å²) in [5, 5.41) is 15.3. The van der Waals surface area contributed by atoms with Crippen LogP contribution >= 0.6 is 11.3 Å². The van der Waals surface area contributed by atoms with E-state index in [0.29, 0.717) is 22.2 Å². The molecule has 1 amide bonds. The summed E-state index contributed by atoms with van der Waals surface area (Å²) in [5.41, 5.74) is 1.76. The molecular formula is C23H22N2O2S. The van der Waals surface area contributed by atoms with E-state index in [0.717, 1.165) is 42.0 Å². The van der Waals surface area contributed by atoms with Crippen LogP contribution < -0.4 is 10.1 Å². The topological polar surface area (TPSA) is 62.1 Å². The molecule has 0 bridgehead atoms. The Balaban J connectivity index is 1.43. The Morgan fingerprint density at radius 2 is 2.11 bits per heavy atom. The van der Waals surface area contributed by atoms with E-state index in [1.54, 1.807) is 11.3 Å². The van der Waals surface area contributed by atoms with E-state index in [1.807, 2.05) is 42.5 Å². The van der Waals surface area contributed by atoms with Gasteiger partial charge in [0.25, 0.3) is 5.91 Å². The summed E-state index contributed by atoms with van der Waals surface area (Å²) in [5.74, 6) is 1.10. The largest absolute Gasteiger partial charge is 0.484 e. The van der Waals surface area contributed by atoms with Crippen molar-refractivity contribution in [2.75, 3.05) is 11.9 Å². The highest BCUT2D eigenvalue weighted by Crippen LogP contribution is 2.40. The summed E-state index contributed by atoms with van der Waals surface area (Å²) in [7, 11) is 0. The average molecular weight is 391 g/mol. The molecule has 0 fully saturated rings. The van der Waals surface area contributed by atoms with E-state index >= 15 is 0 Å². The maximum absolute atomic E-state index is 12.4. The second kappa shape index (κ2) is 8.04. The molecule has 1 heterocycles. The van der Waals surface area contributed by atoms with Crippen molar-refractivity contribution >= 4 is 33.0 Å². The van der Waals surface area contributed by atoms with E-state index in [-0.39, 0.29) is 12.5 Å². The Kier molecular flexibility index (Phi) is 5.31. The molecule has 4 rings (SSSR count). The molecule has 1 aliphatic rings. The molecule has 1 aromatic heterocycles. The fraction of sp³-hybridized carbons (Fsp3) is 0.304. The summed E-state index contributed by atoms with van der Waals surface area (Å²) >= 11 is 1.55. The summed E-state index contributed by atoms with van der Waals surface area (Å²) in [6.45, 7) is 2.13. The minimum absolute atomic E-state index is 0.0800. The van der Waals surface area contributed by atoms with Crippen LogP contribution in [0.5, 0.6) is 5.75 Å². The van der Waals surface area contributed by atoms with Gasteiger partial charge in [-0.1, -0.05) is 43.7 Å². The van der Waals surface area contributed by atoms with Crippen LogP contribution in [0.2, 0.25) is 0 Å². The molecule has 28 heavy (non-hydrogen) atoms. The first kappa shape index (κ1) is 18.5. The zero-order valence-electron chi connectivity index (χ0n) is 15.8. The number of benzene rings is 2. The minimum atomic E-state index is -0.240. The third kappa shape index (κ3) is 3.74. The van der Waals surface area contributed by atoms with Gasteiger partial charge in [0.2, 0.25) is 0 Å². The van der Waals surface area contributed by atoms with E-state index in [2.05, 4.69) is 18.3 Å². The predicted octanol–water partition coefficient (Wildman–Crippen LogP) is 5.31. The Labute approximate surface area is 168 Å². The summed E-state index contributed by atoms with van der Waals surface area (Å²) < 4.78 is 5.67. The Morgan fingerprint density at radius 3 is 2.89 bits per heavy atom. The fourth-order valence-corrected chi connectivity index (χ4v) is 5.11. The number of thiophene rings is 1. The van der Waals surface area contributed by atoms with Crippen LogP contribution in [0.25, 0.3) is 10.8 Å². The van der Waals surface area contributed by atoms with Crippen LogP contribution in [-0.4, -0.2) is 12.5 Å². The molecule has 5 heteroatoms. The molecule has 1 aliphatic carbocycles. The van der Waals surface area contributed by atoms with Gasteiger partial charge in [-0.15, -0.1) is 11.3 Å². The van der Waals surface area contributed by atoms with Gasteiger partial charge in [0.1, 0.15) is 16.8 Å². The lowest BCUT2D eigenvalue weighted by Gasteiger charge is -2.20. The molecule has 2 aromatic carbocycles. The molecule has 3 aromatic rings.